The number of benzene rings is 2. The summed E-state index contributed by atoms with van der Waals surface area (Å²) in [7, 11) is 0. The number of carbonyl (C=O) groups excluding carboxylic acids is 1. The molecule has 0 aliphatic heterocycles. The number of aromatic amines is 1. The minimum atomic E-state index is -1.05. The molecule has 1 aromatic heterocycles. The van der Waals surface area contributed by atoms with E-state index in [1.165, 1.54) is 24.3 Å². The molecule has 1 amide bonds. The molecule has 0 radical (unpaired) electrons. The number of rotatable bonds is 4. The summed E-state index contributed by atoms with van der Waals surface area (Å²) in [6.45, 7) is 1.99. The Balaban J connectivity index is 1.93. The molecule has 0 atom stereocenters. The minimum Gasteiger partial charge on any atom is -0.478 e. The van der Waals surface area contributed by atoms with E-state index in [2.05, 4.69) is 10.3 Å². The molecular formula is C19H16N2O4. The van der Waals surface area contributed by atoms with Gasteiger partial charge in [-0.2, -0.15) is 0 Å². The van der Waals surface area contributed by atoms with E-state index in [0.717, 1.165) is 22.9 Å². The molecule has 0 spiro atoms. The highest BCUT2D eigenvalue weighted by Gasteiger charge is 2.13. The standard InChI is InChI=1S/C19H16N2O4/c1-2-11-4-3-5-13-10-15(18(23)21-16(11)13)17(22)20-14-8-6-12(7-9-14)19(24)25/h3-10H,2H2,1H3,(H,20,22)(H,21,23)(H,24,25). The zero-order valence-corrected chi connectivity index (χ0v) is 13.5. The molecule has 0 saturated heterocycles. The van der Waals surface area contributed by atoms with E-state index in [-0.39, 0.29) is 11.1 Å². The first-order chi connectivity index (χ1) is 12.0. The maximum Gasteiger partial charge on any atom is 0.335 e. The Labute approximate surface area is 143 Å². The van der Waals surface area contributed by atoms with Gasteiger partial charge in [0, 0.05) is 5.69 Å². The van der Waals surface area contributed by atoms with E-state index in [1.807, 2.05) is 25.1 Å². The lowest BCUT2D eigenvalue weighted by atomic mass is 10.1. The number of carboxylic acids is 1. The Morgan fingerprint density at radius 1 is 1.12 bits per heavy atom. The van der Waals surface area contributed by atoms with Crippen LogP contribution in [0.5, 0.6) is 0 Å². The lowest BCUT2D eigenvalue weighted by Crippen LogP contribution is -2.23. The molecule has 6 heteroatoms. The molecule has 0 aliphatic rings. The van der Waals surface area contributed by atoms with Gasteiger partial charge in [0.2, 0.25) is 0 Å². The van der Waals surface area contributed by atoms with Crippen molar-refractivity contribution in [3.63, 3.8) is 0 Å². The Hall–Kier alpha value is -3.41. The Kier molecular flexibility index (Phi) is 4.35. The molecule has 1 heterocycles. The maximum absolute atomic E-state index is 12.4. The summed E-state index contributed by atoms with van der Waals surface area (Å²) in [5.41, 5.74) is 1.81. The second kappa shape index (κ2) is 6.60. The quantitative estimate of drug-likeness (QED) is 0.682. The Morgan fingerprint density at radius 2 is 1.84 bits per heavy atom. The van der Waals surface area contributed by atoms with Gasteiger partial charge in [-0.3, -0.25) is 9.59 Å². The van der Waals surface area contributed by atoms with Gasteiger partial charge in [-0.25, -0.2) is 4.79 Å². The number of fused-ring (bicyclic) bond motifs is 1. The summed E-state index contributed by atoms with van der Waals surface area (Å²) in [4.78, 5) is 38.3. The summed E-state index contributed by atoms with van der Waals surface area (Å²) in [6, 6.07) is 12.9. The second-order valence-corrected chi connectivity index (χ2v) is 5.58. The summed E-state index contributed by atoms with van der Waals surface area (Å²) in [6.07, 6.45) is 0.773. The molecule has 6 nitrogen and oxygen atoms in total. The van der Waals surface area contributed by atoms with Crippen LogP contribution in [0.3, 0.4) is 0 Å². The molecule has 3 aromatic rings. The molecule has 0 saturated carbocycles. The molecule has 0 fully saturated rings. The van der Waals surface area contributed by atoms with Crippen molar-refractivity contribution in [1.82, 2.24) is 4.98 Å². The number of nitrogens with one attached hydrogen (secondary N) is 2. The van der Waals surface area contributed by atoms with Crippen LogP contribution >= 0.6 is 0 Å². The van der Waals surface area contributed by atoms with Gasteiger partial charge in [-0.05, 0) is 47.7 Å². The van der Waals surface area contributed by atoms with Crippen LogP contribution in [-0.2, 0) is 6.42 Å². The van der Waals surface area contributed by atoms with Crippen LogP contribution in [-0.4, -0.2) is 22.0 Å². The Morgan fingerprint density at radius 3 is 2.48 bits per heavy atom. The van der Waals surface area contributed by atoms with Crippen LogP contribution in [0.25, 0.3) is 10.9 Å². The van der Waals surface area contributed by atoms with Gasteiger partial charge in [0.05, 0.1) is 11.1 Å². The molecular weight excluding hydrogens is 320 g/mol. The summed E-state index contributed by atoms with van der Waals surface area (Å²) >= 11 is 0. The number of hydrogen-bond donors (Lipinski definition) is 3. The highest BCUT2D eigenvalue weighted by atomic mass is 16.4. The number of anilines is 1. The van der Waals surface area contributed by atoms with Gasteiger partial charge in [-0.1, -0.05) is 25.1 Å². The van der Waals surface area contributed by atoms with E-state index in [1.54, 1.807) is 6.07 Å². The maximum atomic E-state index is 12.4. The number of H-pyrrole nitrogens is 1. The number of aromatic carboxylic acids is 1. The van der Waals surface area contributed by atoms with Crippen molar-refractivity contribution < 1.29 is 14.7 Å². The molecule has 25 heavy (non-hydrogen) atoms. The molecule has 3 rings (SSSR count). The minimum absolute atomic E-state index is 0.00284. The predicted molar refractivity (Wildman–Crippen MR) is 95.3 cm³/mol. The molecule has 0 bridgehead atoms. The van der Waals surface area contributed by atoms with Crippen molar-refractivity contribution >= 4 is 28.5 Å². The monoisotopic (exact) mass is 336 g/mol. The smallest absolute Gasteiger partial charge is 0.335 e. The zero-order valence-electron chi connectivity index (χ0n) is 13.5. The highest BCUT2D eigenvalue weighted by molar-refractivity contribution is 6.06. The van der Waals surface area contributed by atoms with Gasteiger partial charge >= 0.3 is 5.97 Å². The number of amides is 1. The number of carboxylic acid groups (broad SMARTS) is 1. The van der Waals surface area contributed by atoms with Crippen LogP contribution in [0.2, 0.25) is 0 Å². The molecule has 0 aliphatic carbocycles. The topological polar surface area (TPSA) is 99.3 Å². The van der Waals surface area contributed by atoms with Crippen molar-refractivity contribution in [2.75, 3.05) is 5.32 Å². The average molecular weight is 336 g/mol. The third-order valence-corrected chi connectivity index (χ3v) is 3.98. The molecule has 126 valence electrons. The number of aromatic nitrogens is 1. The van der Waals surface area contributed by atoms with Gasteiger partial charge < -0.3 is 15.4 Å². The number of carbonyl (C=O) groups is 2. The van der Waals surface area contributed by atoms with Crippen LogP contribution < -0.4 is 10.9 Å². The lowest BCUT2D eigenvalue weighted by Gasteiger charge is -2.08. The average Bonchev–Trinajstić information content (AvgIpc) is 2.61. The number of pyridine rings is 1. The van der Waals surface area contributed by atoms with Crippen molar-refractivity contribution in [2.45, 2.75) is 13.3 Å². The van der Waals surface area contributed by atoms with Crippen molar-refractivity contribution in [1.29, 1.82) is 0 Å². The molecule has 0 unspecified atom stereocenters. The third-order valence-electron chi connectivity index (χ3n) is 3.98. The number of aryl methyl sites for hydroxylation is 1. The second-order valence-electron chi connectivity index (χ2n) is 5.58. The van der Waals surface area contributed by atoms with Crippen molar-refractivity contribution in [3.8, 4) is 0 Å². The third kappa shape index (κ3) is 3.28. The van der Waals surface area contributed by atoms with Crippen LogP contribution in [0.1, 0.15) is 33.2 Å². The fourth-order valence-corrected chi connectivity index (χ4v) is 2.65. The van der Waals surface area contributed by atoms with Gasteiger partial charge in [0.25, 0.3) is 11.5 Å². The van der Waals surface area contributed by atoms with Crippen molar-refractivity contribution in [3.05, 3.63) is 75.6 Å². The van der Waals surface area contributed by atoms with Gasteiger partial charge in [-0.15, -0.1) is 0 Å². The zero-order chi connectivity index (χ0) is 18.0. The normalized spacial score (nSPS) is 10.6. The van der Waals surface area contributed by atoms with Crippen LogP contribution in [0.4, 0.5) is 5.69 Å². The number of para-hydroxylation sites is 1. The fourth-order valence-electron chi connectivity index (χ4n) is 2.65. The van der Waals surface area contributed by atoms with Crippen LogP contribution in [0, 0.1) is 0 Å². The summed E-state index contributed by atoms with van der Waals surface area (Å²) < 4.78 is 0. The molecule has 3 N–H and O–H groups in total. The van der Waals surface area contributed by atoms with E-state index >= 15 is 0 Å². The SMILES string of the molecule is CCc1cccc2cc(C(=O)Nc3ccc(C(=O)O)cc3)c(=O)[nH]c12. The lowest BCUT2D eigenvalue weighted by molar-refractivity contribution is 0.0696. The molecule has 2 aromatic carbocycles. The first kappa shape index (κ1) is 16.4. The highest BCUT2D eigenvalue weighted by Crippen LogP contribution is 2.17. The first-order valence-electron chi connectivity index (χ1n) is 7.79. The fraction of sp³-hybridized carbons (Fsp3) is 0.105. The van der Waals surface area contributed by atoms with E-state index in [0.29, 0.717) is 5.69 Å². The van der Waals surface area contributed by atoms with E-state index < -0.39 is 17.4 Å². The Bertz CT molecular complexity index is 1020. The first-order valence-corrected chi connectivity index (χ1v) is 7.79. The van der Waals surface area contributed by atoms with Crippen molar-refractivity contribution in [2.24, 2.45) is 0 Å². The largest absolute Gasteiger partial charge is 0.478 e. The number of hydrogen-bond acceptors (Lipinski definition) is 3. The van der Waals surface area contributed by atoms with Gasteiger partial charge in [0.1, 0.15) is 5.56 Å². The van der Waals surface area contributed by atoms with E-state index in [4.69, 9.17) is 5.11 Å². The summed E-state index contributed by atoms with van der Waals surface area (Å²) in [5.74, 6) is -1.59. The van der Waals surface area contributed by atoms with Gasteiger partial charge in [0.15, 0.2) is 0 Å². The summed E-state index contributed by atoms with van der Waals surface area (Å²) in [5, 5.41) is 12.3. The van der Waals surface area contributed by atoms with Crippen LogP contribution in [0.15, 0.2) is 53.3 Å². The van der Waals surface area contributed by atoms with E-state index in [9.17, 15) is 14.4 Å². The predicted octanol–water partition coefficient (Wildman–Crippen LogP) is 3.04.